The first-order valence-electron chi connectivity index (χ1n) is 9.50. The van der Waals surface area contributed by atoms with Gasteiger partial charge in [-0.15, -0.1) is 0 Å². The lowest BCUT2D eigenvalue weighted by molar-refractivity contribution is -0.0504. The van der Waals surface area contributed by atoms with Gasteiger partial charge in [-0.25, -0.2) is 19.5 Å². The summed E-state index contributed by atoms with van der Waals surface area (Å²) in [5.41, 5.74) is 12.3. The first-order valence-corrected chi connectivity index (χ1v) is 11.4. The molecule has 4 aromatic rings. The molecule has 0 amide bonds. The summed E-state index contributed by atoms with van der Waals surface area (Å²) in [5.74, 6) is 0.0697. The molecule has 0 saturated carbocycles. The second-order valence-electron chi connectivity index (χ2n) is 7.09. The van der Waals surface area contributed by atoms with Crippen LogP contribution in [0, 0.1) is 10.7 Å². The van der Waals surface area contributed by atoms with Crippen LogP contribution in [0.15, 0.2) is 12.7 Å². The monoisotopic (exact) mass is 532 g/mol. The van der Waals surface area contributed by atoms with E-state index in [0.29, 0.717) is 15.8 Å². The number of nitrogens with zero attached hydrogens (tertiary/aromatic N) is 6. The van der Waals surface area contributed by atoms with Gasteiger partial charge >= 0.3 is 13.9 Å². The number of aliphatic hydroxyl groups excluding tert-OH is 2. The Morgan fingerprint density at radius 3 is 2.69 bits per heavy atom. The van der Waals surface area contributed by atoms with Crippen molar-refractivity contribution in [1.82, 2.24) is 39.5 Å². The highest BCUT2D eigenvalue weighted by Crippen LogP contribution is 2.38. The zero-order chi connectivity index (χ0) is 25.5. The molecule has 0 unspecified atom stereocenters. The predicted octanol–water partition coefficient (Wildman–Crippen LogP) is -1.13. The van der Waals surface area contributed by atoms with Gasteiger partial charge in [0.05, 0.1) is 19.3 Å². The van der Waals surface area contributed by atoms with Crippen LogP contribution < -0.4 is 11.5 Å². The van der Waals surface area contributed by atoms with Gasteiger partial charge < -0.3 is 46.2 Å². The maximum Gasteiger partial charge on any atom is 0.469 e. The number of aromatic nitrogens is 8. The molecule has 1 aliphatic heterocycles. The highest BCUT2D eigenvalue weighted by atomic mass is 32.1. The second kappa shape index (κ2) is 9.47. The van der Waals surface area contributed by atoms with E-state index in [1.807, 2.05) is 0 Å². The summed E-state index contributed by atoms with van der Waals surface area (Å²) < 4.78 is 35.2. The molecule has 1 fully saturated rings. The van der Waals surface area contributed by atoms with Crippen LogP contribution in [0.4, 0.5) is 16.2 Å². The lowest BCUT2D eigenvalue weighted by Gasteiger charge is -2.16. The van der Waals surface area contributed by atoms with Crippen LogP contribution in [0.2, 0.25) is 0 Å². The Morgan fingerprint density at radius 2 is 1.97 bits per heavy atom. The molecule has 188 valence electrons. The Labute approximate surface area is 198 Å². The number of imidazole rings is 2. The zero-order valence-electron chi connectivity index (χ0n) is 17.3. The lowest BCUT2D eigenvalue weighted by atomic mass is 10.1. The predicted molar refractivity (Wildman–Crippen MR) is 117 cm³/mol. The van der Waals surface area contributed by atoms with E-state index in [9.17, 15) is 19.2 Å². The van der Waals surface area contributed by atoms with Crippen molar-refractivity contribution in [2.24, 2.45) is 0 Å². The van der Waals surface area contributed by atoms with E-state index in [1.165, 1.54) is 6.33 Å². The van der Waals surface area contributed by atoms with E-state index in [2.05, 4.69) is 39.4 Å². The molecule has 5 rings (SSSR count). The number of nitrogens with two attached hydrogens (primary N) is 2. The van der Waals surface area contributed by atoms with Gasteiger partial charge in [0.15, 0.2) is 33.5 Å². The van der Waals surface area contributed by atoms with Gasteiger partial charge in [0.25, 0.3) is 0 Å². The van der Waals surface area contributed by atoms with E-state index in [1.54, 1.807) is 0 Å². The summed E-state index contributed by atoms with van der Waals surface area (Å²) in [5, 5.41) is 20.0. The smallest absolute Gasteiger partial charge is 0.387 e. The fourth-order valence-corrected chi connectivity index (χ4v) is 3.83. The molecule has 0 bridgehead atoms. The quantitative estimate of drug-likeness (QED) is 0.0877. The lowest BCUT2D eigenvalue weighted by Crippen LogP contribution is -2.33. The first kappa shape index (κ1) is 24.9. The number of nitrogens with one attached hydrogen (secondary N) is 2. The van der Waals surface area contributed by atoms with Crippen molar-refractivity contribution in [3.8, 4) is 0 Å². The van der Waals surface area contributed by atoms with Crippen LogP contribution >= 0.6 is 20.0 Å². The van der Waals surface area contributed by atoms with Gasteiger partial charge in [0.2, 0.25) is 5.95 Å². The largest absolute Gasteiger partial charge is 0.469 e. The molecule has 0 spiro atoms. The summed E-state index contributed by atoms with van der Waals surface area (Å²) in [6, 6.07) is 0. The third kappa shape index (κ3) is 5.26. The Morgan fingerprint density at radius 1 is 1.23 bits per heavy atom. The molecule has 0 radical (unpaired) electrons. The Kier molecular flexibility index (Phi) is 6.75. The first-order chi connectivity index (χ1) is 16.4. The molecule has 4 aromatic heterocycles. The van der Waals surface area contributed by atoms with E-state index in [4.69, 9.17) is 38.2 Å². The number of phosphoric ester groups is 1. The molecule has 35 heavy (non-hydrogen) atoms. The van der Waals surface area contributed by atoms with Crippen LogP contribution in [-0.2, 0) is 13.8 Å². The van der Waals surface area contributed by atoms with Crippen LogP contribution in [0.1, 0.15) is 6.23 Å². The van der Waals surface area contributed by atoms with Gasteiger partial charge in [-0.1, -0.05) is 12.2 Å². The number of ether oxygens (including phenoxy) is 1. The Balaban J connectivity index is 0.000000218. The third-order valence-corrected chi connectivity index (χ3v) is 5.54. The maximum absolute atomic E-state index is 13.3. The molecule has 5 heterocycles. The van der Waals surface area contributed by atoms with Crippen molar-refractivity contribution in [2.45, 2.75) is 24.5 Å². The number of hydrogen-bond acceptors (Lipinski definition) is 13. The highest BCUT2D eigenvalue weighted by Gasteiger charge is 2.45. The number of halogens is 1. The molecule has 4 atom stereocenters. The van der Waals surface area contributed by atoms with Crippen molar-refractivity contribution < 1.29 is 38.2 Å². The molecule has 1 saturated heterocycles. The minimum Gasteiger partial charge on any atom is -0.387 e. The molecule has 1 aliphatic rings. The number of anilines is 2. The third-order valence-electron chi connectivity index (χ3n) is 4.76. The maximum atomic E-state index is 13.3. The summed E-state index contributed by atoms with van der Waals surface area (Å²) in [4.78, 5) is 41.5. The Bertz CT molecular complexity index is 1470. The zero-order valence-corrected chi connectivity index (χ0v) is 19.0. The summed E-state index contributed by atoms with van der Waals surface area (Å²) in [6.07, 6.45) is -3.92. The number of aromatic amines is 2. The molecular formula is C15H18FN10O7PS. The number of aliphatic hydroxyl groups is 2. The molecular weight excluding hydrogens is 514 g/mol. The number of hydrogen-bond donors (Lipinski definition) is 8. The van der Waals surface area contributed by atoms with Gasteiger partial charge in [-0.3, -0.25) is 9.09 Å². The molecule has 0 aliphatic carbocycles. The van der Waals surface area contributed by atoms with E-state index in [0.717, 1.165) is 10.9 Å². The van der Waals surface area contributed by atoms with Gasteiger partial charge in [0.1, 0.15) is 23.8 Å². The highest BCUT2D eigenvalue weighted by molar-refractivity contribution is 7.71. The standard InChI is InChI=1S/C10H13FN5O7P.C5H5N5S/c11-10-14-7(12)4-8(15-10)16(2-13-4)9-6(18)5(17)3(23-9)1-22-24(19,20)21;6-5-9-3-2(4(11)10-5)7-1-8-3/h2-3,5-6,9,17-18H,1H2,(H2,12,14,15)(H2,19,20,21);1H,(H4,6,7,8,9,10,11)/t3-,5-,6+,9-;/m1./s1. The van der Waals surface area contributed by atoms with Crippen LogP contribution in [-0.4, -0.2) is 84.4 Å². The fourth-order valence-electron chi connectivity index (χ4n) is 3.23. The summed E-state index contributed by atoms with van der Waals surface area (Å²) in [6.45, 7) is -0.670. The van der Waals surface area contributed by atoms with Crippen molar-refractivity contribution in [3.63, 3.8) is 0 Å². The van der Waals surface area contributed by atoms with Crippen LogP contribution in [0.3, 0.4) is 0 Å². The van der Waals surface area contributed by atoms with Gasteiger partial charge in [-0.2, -0.15) is 14.4 Å². The number of fused-ring (bicyclic) bond motifs is 2. The molecule has 20 heteroatoms. The SMILES string of the molecule is Nc1nc(=S)c2[nH]cnc2[nH]1.Nc1nc(F)nc2c1ncn2[C@@H]1O[C@H](COP(=O)(O)O)[C@@H](O)[C@@H]1O. The summed E-state index contributed by atoms with van der Waals surface area (Å²) in [7, 11) is -4.78. The summed E-state index contributed by atoms with van der Waals surface area (Å²) >= 11 is 4.91. The molecule has 0 aromatic carbocycles. The molecule has 17 nitrogen and oxygen atoms in total. The number of nitrogen functional groups attached to an aromatic ring is 2. The van der Waals surface area contributed by atoms with Crippen molar-refractivity contribution in [2.75, 3.05) is 18.1 Å². The van der Waals surface area contributed by atoms with Crippen molar-refractivity contribution >= 4 is 54.1 Å². The average Bonchev–Trinajstić information content (AvgIpc) is 3.46. The Hall–Kier alpha value is -3.16. The van der Waals surface area contributed by atoms with Crippen molar-refractivity contribution in [3.05, 3.63) is 23.4 Å². The van der Waals surface area contributed by atoms with Gasteiger partial charge in [0, 0.05) is 0 Å². The minimum atomic E-state index is -4.78. The minimum absolute atomic E-state index is 0.0663. The van der Waals surface area contributed by atoms with Gasteiger partial charge in [-0.05, 0) is 0 Å². The second-order valence-corrected chi connectivity index (χ2v) is 8.71. The van der Waals surface area contributed by atoms with Crippen molar-refractivity contribution in [1.29, 1.82) is 0 Å². The fraction of sp³-hybridized carbons (Fsp3) is 0.333. The average molecular weight is 532 g/mol. The van der Waals surface area contributed by atoms with E-state index < -0.39 is 45.0 Å². The topological polar surface area (TPSA) is 269 Å². The van der Waals surface area contributed by atoms with Crippen LogP contribution in [0.25, 0.3) is 22.3 Å². The number of rotatable bonds is 4. The van der Waals surface area contributed by atoms with E-state index >= 15 is 0 Å². The number of H-pyrrole nitrogens is 2. The molecule has 10 N–H and O–H groups in total. The van der Waals surface area contributed by atoms with Crippen LogP contribution in [0.5, 0.6) is 0 Å². The number of phosphoric acid groups is 1. The normalized spacial score (nSPS) is 22.4. The van der Waals surface area contributed by atoms with E-state index in [-0.39, 0.29) is 22.9 Å².